The van der Waals surface area contributed by atoms with Crippen LogP contribution in [0.25, 0.3) is 0 Å². The van der Waals surface area contributed by atoms with Crippen molar-refractivity contribution in [1.82, 2.24) is 4.90 Å². The molecule has 0 radical (unpaired) electrons. The number of hydrogen-bond donors (Lipinski definition) is 0. The van der Waals surface area contributed by atoms with Gasteiger partial charge in [0.05, 0.1) is 12.7 Å². The first kappa shape index (κ1) is 18.0. The summed E-state index contributed by atoms with van der Waals surface area (Å²) in [5.41, 5.74) is 1.27. The molecule has 6 heteroatoms. The minimum atomic E-state index is -0.540. The van der Waals surface area contributed by atoms with Gasteiger partial charge in [0.1, 0.15) is 5.75 Å². The first-order valence-corrected chi connectivity index (χ1v) is 8.09. The van der Waals surface area contributed by atoms with Gasteiger partial charge in [-0.25, -0.2) is 4.79 Å². The highest BCUT2D eigenvalue weighted by atomic mass is 79.9. The monoisotopic (exact) mass is 391 g/mol. The number of ether oxygens (including phenoxy) is 2. The van der Waals surface area contributed by atoms with E-state index < -0.39 is 5.97 Å². The maximum absolute atomic E-state index is 12.2. The molecule has 0 heterocycles. The molecule has 0 bridgehead atoms. The van der Waals surface area contributed by atoms with Crippen molar-refractivity contribution >= 4 is 27.8 Å². The lowest BCUT2D eigenvalue weighted by Crippen LogP contribution is -2.31. The van der Waals surface area contributed by atoms with E-state index >= 15 is 0 Å². The van der Waals surface area contributed by atoms with Crippen molar-refractivity contribution in [3.05, 3.63) is 64.1 Å². The maximum Gasteiger partial charge on any atom is 0.339 e. The highest BCUT2D eigenvalue weighted by Crippen LogP contribution is 2.19. The van der Waals surface area contributed by atoms with Crippen LogP contribution in [0, 0.1) is 0 Å². The van der Waals surface area contributed by atoms with Crippen molar-refractivity contribution in [3.63, 3.8) is 0 Å². The zero-order valence-corrected chi connectivity index (χ0v) is 15.1. The SMILES string of the molecule is COc1ccccc1CN(C)C(=O)COC(=O)c1ccccc1Br. The number of halogens is 1. The molecule has 0 aliphatic heterocycles. The van der Waals surface area contributed by atoms with Gasteiger partial charge in [-0.15, -0.1) is 0 Å². The highest BCUT2D eigenvalue weighted by molar-refractivity contribution is 9.10. The molecule has 2 aromatic rings. The first-order chi connectivity index (χ1) is 11.5. The molecular weight excluding hydrogens is 374 g/mol. The van der Waals surface area contributed by atoms with Crippen LogP contribution in [-0.4, -0.2) is 37.5 Å². The lowest BCUT2D eigenvalue weighted by molar-refractivity contribution is -0.133. The van der Waals surface area contributed by atoms with E-state index in [1.165, 1.54) is 4.90 Å². The maximum atomic E-state index is 12.2. The lowest BCUT2D eigenvalue weighted by atomic mass is 10.2. The van der Waals surface area contributed by atoms with Crippen LogP contribution < -0.4 is 4.74 Å². The smallest absolute Gasteiger partial charge is 0.339 e. The molecule has 0 aliphatic rings. The third-order valence-electron chi connectivity index (χ3n) is 3.45. The van der Waals surface area contributed by atoms with Crippen LogP contribution in [-0.2, 0) is 16.1 Å². The molecule has 0 unspecified atom stereocenters. The van der Waals surface area contributed by atoms with Gasteiger partial charge in [0.25, 0.3) is 5.91 Å². The van der Waals surface area contributed by atoms with E-state index in [-0.39, 0.29) is 12.5 Å². The van der Waals surface area contributed by atoms with Gasteiger partial charge in [-0.3, -0.25) is 4.79 Å². The number of carbonyl (C=O) groups excluding carboxylic acids is 2. The van der Waals surface area contributed by atoms with Gasteiger partial charge in [-0.05, 0) is 34.1 Å². The zero-order valence-electron chi connectivity index (χ0n) is 13.5. The highest BCUT2D eigenvalue weighted by Gasteiger charge is 2.16. The second-order valence-corrected chi connectivity index (χ2v) is 5.97. The summed E-state index contributed by atoms with van der Waals surface area (Å²) in [6, 6.07) is 14.4. The average Bonchev–Trinajstić information content (AvgIpc) is 2.60. The standard InChI is InChI=1S/C18H18BrNO4/c1-20(11-13-7-3-6-10-16(13)23-2)17(21)12-24-18(22)14-8-4-5-9-15(14)19/h3-10H,11-12H2,1-2H3. The number of carbonyl (C=O) groups is 2. The number of para-hydroxylation sites is 1. The molecule has 0 aliphatic carbocycles. The molecule has 0 fully saturated rings. The zero-order chi connectivity index (χ0) is 17.5. The van der Waals surface area contributed by atoms with Gasteiger partial charge >= 0.3 is 5.97 Å². The number of benzene rings is 2. The van der Waals surface area contributed by atoms with Gasteiger partial charge in [0.2, 0.25) is 0 Å². The van der Waals surface area contributed by atoms with Crippen LogP contribution in [0.2, 0.25) is 0 Å². The summed E-state index contributed by atoms with van der Waals surface area (Å²) < 4.78 is 11.0. The van der Waals surface area contributed by atoms with Crippen LogP contribution in [0.4, 0.5) is 0 Å². The molecule has 2 aromatic carbocycles. The second-order valence-electron chi connectivity index (χ2n) is 5.12. The van der Waals surface area contributed by atoms with Crippen LogP contribution in [0.1, 0.15) is 15.9 Å². The fraction of sp³-hybridized carbons (Fsp3) is 0.222. The number of rotatable bonds is 6. The Morgan fingerprint density at radius 3 is 2.46 bits per heavy atom. The van der Waals surface area contributed by atoms with Gasteiger partial charge in [-0.2, -0.15) is 0 Å². The number of likely N-dealkylation sites (N-methyl/N-ethyl adjacent to an activating group) is 1. The number of esters is 1. The Kier molecular flexibility index (Phi) is 6.37. The molecule has 1 amide bonds. The summed E-state index contributed by atoms with van der Waals surface area (Å²) in [7, 11) is 3.24. The molecule has 126 valence electrons. The summed E-state index contributed by atoms with van der Waals surface area (Å²) in [5.74, 6) is -0.120. The Hall–Kier alpha value is -2.34. The molecule has 24 heavy (non-hydrogen) atoms. The van der Waals surface area contributed by atoms with E-state index in [0.717, 1.165) is 5.56 Å². The van der Waals surface area contributed by atoms with Crippen molar-refractivity contribution in [3.8, 4) is 5.75 Å². The summed E-state index contributed by atoms with van der Waals surface area (Å²) in [6.45, 7) is 0.0568. The minimum Gasteiger partial charge on any atom is -0.496 e. The molecule has 0 atom stereocenters. The topological polar surface area (TPSA) is 55.8 Å². The number of amides is 1. The number of nitrogens with zero attached hydrogens (tertiary/aromatic N) is 1. The Balaban J connectivity index is 1.92. The molecule has 0 aromatic heterocycles. The third-order valence-corrected chi connectivity index (χ3v) is 4.14. The summed E-state index contributed by atoms with van der Waals surface area (Å²) in [6.07, 6.45) is 0. The second kappa shape index (κ2) is 8.49. The van der Waals surface area contributed by atoms with Gasteiger partial charge in [0.15, 0.2) is 6.61 Å². The Bertz CT molecular complexity index is 732. The Labute approximate surface area is 149 Å². The molecule has 0 spiro atoms. The van der Waals surface area contributed by atoms with Crippen LogP contribution in [0.3, 0.4) is 0 Å². The number of methoxy groups -OCH3 is 1. The molecule has 0 saturated carbocycles. The Morgan fingerprint density at radius 1 is 1.08 bits per heavy atom. The number of hydrogen-bond acceptors (Lipinski definition) is 4. The molecule has 5 nitrogen and oxygen atoms in total. The largest absolute Gasteiger partial charge is 0.496 e. The van der Waals surface area contributed by atoms with E-state index in [1.807, 2.05) is 24.3 Å². The minimum absolute atomic E-state index is 0.290. The normalized spacial score (nSPS) is 10.1. The summed E-state index contributed by atoms with van der Waals surface area (Å²) >= 11 is 3.28. The summed E-state index contributed by atoms with van der Waals surface area (Å²) in [4.78, 5) is 25.7. The fourth-order valence-electron chi connectivity index (χ4n) is 2.12. The molecule has 0 N–H and O–H groups in total. The van der Waals surface area contributed by atoms with Crippen LogP contribution >= 0.6 is 15.9 Å². The van der Waals surface area contributed by atoms with Gasteiger partial charge in [-0.1, -0.05) is 30.3 Å². The Morgan fingerprint density at radius 2 is 1.75 bits per heavy atom. The van der Waals surface area contributed by atoms with E-state index in [1.54, 1.807) is 38.4 Å². The first-order valence-electron chi connectivity index (χ1n) is 7.30. The van der Waals surface area contributed by atoms with Crippen molar-refractivity contribution in [2.75, 3.05) is 20.8 Å². The summed E-state index contributed by atoms with van der Waals surface area (Å²) in [5, 5.41) is 0. The lowest BCUT2D eigenvalue weighted by Gasteiger charge is -2.18. The van der Waals surface area contributed by atoms with E-state index in [2.05, 4.69) is 15.9 Å². The van der Waals surface area contributed by atoms with Crippen molar-refractivity contribution in [2.24, 2.45) is 0 Å². The molecular formula is C18H18BrNO4. The quantitative estimate of drug-likeness (QED) is 0.709. The van der Waals surface area contributed by atoms with E-state index in [9.17, 15) is 9.59 Å². The predicted octanol–water partition coefficient (Wildman–Crippen LogP) is 3.27. The third kappa shape index (κ3) is 4.58. The van der Waals surface area contributed by atoms with Crippen LogP contribution in [0.15, 0.2) is 53.0 Å². The van der Waals surface area contributed by atoms with Gasteiger partial charge < -0.3 is 14.4 Å². The molecule has 2 rings (SSSR count). The van der Waals surface area contributed by atoms with E-state index in [0.29, 0.717) is 22.3 Å². The van der Waals surface area contributed by atoms with Crippen molar-refractivity contribution in [1.29, 1.82) is 0 Å². The predicted molar refractivity (Wildman–Crippen MR) is 93.9 cm³/mol. The van der Waals surface area contributed by atoms with Gasteiger partial charge in [0, 0.05) is 23.6 Å². The van der Waals surface area contributed by atoms with E-state index in [4.69, 9.17) is 9.47 Å². The average molecular weight is 392 g/mol. The fourth-order valence-corrected chi connectivity index (χ4v) is 2.57. The molecule has 0 saturated heterocycles. The van der Waals surface area contributed by atoms with Crippen molar-refractivity contribution in [2.45, 2.75) is 6.54 Å². The van der Waals surface area contributed by atoms with Crippen molar-refractivity contribution < 1.29 is 19.1 Å². The van der Waals surface area contributed by atoms with Crippen LogP contribution in [0.5, 0.6) is 5.75 Å².